The fraction of sp³-hybridized carbons (Fsp3) is 0.400. The van der Waals surface area contributed by atoms with Gasteiger partial charge in [0, 0.05) is 44.8 Å². The molecule has 0 N–H and O–H groups in total. The van der Waals surface area contributed by atoms with Crippen LogP contribution in [0.2, 0.25) is 0 Å². The summed E-state index contributed by atoms with van der Waals surface area (Å²) in [7, 11) is 6.39. The quantitative estimate of drug-likeness (QED) is 0.437. The maximum absolute atomic E-state index is 12.4. The van der Waals surface area contributed by atoms with E-state index in [1.54, 1.807) is 40.6 Å². The second kappa shape index (κ2) is 13.1. The topological polar surface area (TPSA) is 60.5 Å². The van der Waals surface area contributed by atoms with Crippen molar-refractivity contribution in [2.45, 2.75) is 6.42 Å². The first kappa shape index (κ1) is 26.5. The van der Waals surface area contributed by atoms with E-state index >= 15 is 0 Å². The SMILES string of the molecule is Br.COc1ccc(N2CCN(CCC(=O)/C=C/c3cc(OC)c(OC)c(OC)c3)CC2)cc1. The van der Waals surface area contributed by atoms with Crippen molar-refractivity contribution in [3.8, 4) is 23.0 Å². The van der Waals surface area contributed by atoms with Gasteiger partial charge in [0.05, 0.1) is 28.4 Å². The first-order valence-electron chi connectivity index (χ1n) is 10.7. The predicted molar refractivity (Wildman–Crippen MR) is 137 cm³/mol. The second-order valence-corrected chi connectivity index (χ2v) is 7.54. The Balaban J connectivity index is 0.00000385. The van der Waals surface area contributed by atoms with Crippen LogP contribution in [-0.4, -0.2) is 71.8 Å². The molecule has 0 spiro atoms. The van der Waals surface area contributed by atoms with E-state index in [1.165, 1.54) is 5.69 Å². The molecule has 33 heavy (non-hydrogen) atoms. The zero-order chi connectivity index (χ0) is 22.9. The smallest absolute Gasteiger partial charge is 0.203 e. The molecular formula is C25H33BrN2O5. The van der Waals surface area contributed by atoms with Crippen molar-refractivity contribution in [1.29, 1.82) is 0 Å². The van der Waals surface area contributed by atoms with Crippen LogP contribution in [0.15, 0.2) is 42.5 Å². The van der Waals surface area contributed by atoms with Gasteiger partial charge in [-0.1, -0.05) is 6.08 Å². The van der Waals surface area contributed by atoms with Crippen molar-refractivity contribution in [2.24, 2.45) is 0 Å². The third kappa shape index (κ3) is 7.14. The molecule has 1 fully saturated rings. The molecule has 0 aromatic heterocycles. The number of piperazine rings is 1. The number of carbonyl (C=O) groups is 1. The Labute approximate surface area is 206 Å². The highest BCUT2D eigenvalue weighted by atomic mass is 79.9. The summed E-state index contributed by atoms with van der Waals surface area (Å²) in [5.74, 6) is 2.62. The molecule has 0 atom stereocenters. The van der Waals surface area contributed by atoms with Gasteiger partial charge in [-0.2, -0.15) is 0 Å². The molecule has 0 saturated carbocycles. The molecule has 1 aliphatic rings. The van der Waals surface area contributed by atoms with Crippen LogP contribution >= 0.6 is 17.0 Å². The Hall–Kier alpha value is -2.71. The number of rotatable bonds is 10. The molecule has 0 bridgehead atoms. The van der Waals surface area contributed by atoms with Crippen LogP contribution in [0.1, 0.15) is 12.0 Å². The summed E-state index contributed by atoms with van der Waals surface area (Å²) in [6, 6.07) is 11.8. The van der Waals surface area contributed by atoms with Gasteiger partial charge in [-0.25, -0.2) is 0 Å². The van der Waals surface area contributed by atoms with Crippen LogP contribution in [0.4, 0.5) is 5.69 Å². The number of carbonyl (C=O) groups excluding carboxylic acids is 1. The van der Waals surface area contributed by atoms with Gasteiger partial charge in [0.25, 0.3) is 0 Å². The molecule has 180 valence electrons. The molecule has 0 unspecified atom stereocenters. The number of hydrogen-bond acceptors (Lipinski definition) is 7. The van der Waals surface area contributed by atoms with Crippen molar-refractivity contribution in [2.75, 3.05) is 66.1 Å². The van der Waals surface area contributed by atoms with Crippen molar-refractivity contribution in [3.05, 3.63) is 48.0 Å². The monoisotopic (exact) mass is 520 g/mol. The third-order valence-corrected chi connectivity index (χ3v) is 5.63. The summed E-state index contributed by atoms with van der Waals surface area (Å²) in [6.07, 6.45) is 3.90. The lowest BCUT2D eigenvalue weighted by Crippen LogP contribution is -2.46. The number of allylic oxidation sites excluding steroid dienone is 1. The Bertz CT molecular complexity index is 900. The standard InChI is InChI=1S/C25H32N2O5.BrH/c1-29-22-9-6-20(7-10-22)27-15-13-26(14-16-27)12-11-21(28)8-5-19-17-23(30-2)25(32-4)24(18-19)31-3;/h5-10,17-18H,11-16H2,1-4H3;1H/b8-5+;. The number of methoxy groups -OCH3 is 4. The van der Waals surface area contributed by atoms with Gasteiger partial charge < -0.3 is 23.8 Å². The van der Waals surface area contributed by atoms with Gasteiger partial charge in [-0.15, -0.1) is 17.0 Å². The van der Waals surface area contributed by atoms with Crippen molar-refractivity contribution in [3.63, 3.8) is 0 Å². The minimum absolute atomic E-state index is 0. The minimum Gasteiger partial charge on any atom is -0.497 e. The maximum Gasteiger partial charge on any atom is 0.203 e. The second-order valence-electron chi connectivity index (χ2n) is 7.54. The fourth-order valence-electron chi connectivity index (χ4n) is 3.76. The number of anilines is 1. The van der Waals surface area contributed by atoms with E-state index in [2.05, 4.69) is 21.9 Å². The summed E-state index contributed by atoms with van der Waals surface area (Å²) in [5, 5.41) is 0. The molecule has 2 aromatic carbocycles. The van der Waals surface area contributed by atoms with Crippen LogP contribution in [0.25, 0.3) is 6.08 Å². The average molecular weight is 521 g/mol. The molecule has 0 aliphatic carbocycles. The van der Waals surface area contributed by atoms with Gasteiger partial charge in [-0.05, 0) is 48.0 Å². The Morgan fingerprint density at radius 3 is 2.00 bits per heavy atom. The molecule has 0 radical (unpaired) electrons. The van der Waals surface area contributed by atoms with Gasteiger partial charge in [0.1, 0.15) is 5.75 Å². The average Bonchev–Trinajstić information content (AvgIpc) is 2.85. The fourth-order valence-corrected chi connectivity index (χ4v) is 3.76. The van der Waals surface area contributed by atoms with Crippen LogP contribution in [0.3, 0.4) is 0 Å². The van der Waals surface area contributed by atoms with E-state index < -0.39 is 0 Å². The van der Waals surface area contributed by atoms with E-state index in [-0.39, 0.29) is 22.8 Å². The summed E-state index contributed by atoms with van der Waals surface area (Å²) >= 11 is 0. The zero-order valence-corrected chi connectivity index (χ0v) is 21.4. The molecule has 1 heterocycles. The highest BCUT2D eigenvalue weighted by Gasteiger charge is 2.17. The zero-order valence-electron chi connectivity index (χ0n) is 19.7. The van der Waals surface area contributed by atoms with Crippen LogP contribution in [0, 0.1) is 0 Å². The molecule has 1 aliphatic heterocycles. The molecule has 2 aromatic rings. The summed E-state index contributed by atoms with van der Waals surface area (Å²) in [6.45, 7) is 4.53. The first-order valence-corrected chi connectivity index (χ1v) is 10.7. The van der Waals surface area contributed by atoms with Crippen LogP contribution in [-0.2, 0) is 4.79 Å². The first-order chi connectivity index (χ1) is 15.6. The summed E-state index contributed by atoms with van der Waals surface area (Å²) in [4.78, 5) is 17.1. The van der Waals surface area contributed by atoms with E-state index in [9.17, 15) is 4.79 Å². The molecule has 0 amide bonds. The highest BCUT2D eigenvalue weighted by molar-refractivity contribution is 8.93. The third-order valence-electron chi connectivity index (χ3n) is 5.63. The molecule has 1 saturated heterocycles. The maximum atomic E-state index is 12.4. The minimum atomic E-state index is 0. The lowest BCUT2D eigenvalue weighted by Gasteiger charge is -2.36. The summed E-state index contributed by atoms with van der Waals surface area (Å²) in [5.41, 5.74) is 2.02. The predicted octanol–water partition coefficient (Wildman–Crippen LogP) is 4.09. The van der Waals surface area contributed by atoms with Gasteiger partial charge in [-0.3, -0.25) is 9.69 Å². The van der Waals surface area contributed by atoms with Crippen molar-refractivity contribution in [1.82, 2.24) is 4.90 Å². The largest absolute Gasteiger partial charge is 0.497 e. The van der Waals surface area contributed by atoms with E-state index in [0.717, 1.165) is 44.0 Å². The van der Waals surface area contributed by atoms with Gasteiger partial charge >= 0.3 is 0 Å². The Kier molecular flexibility index (Phi) is 10.5. The van der Waals surface area contributed by atoms with Crippen molar-refractivity contribution < 1.29 is 23.7 Å². The molecule has 8 heteroatoms. The number of halogens is 1. The normalized spacial score (nSPS) is 14.0. The highest BCUT2D eigenvalue weighted by Crippen LogP contribution is 2.38. The van der Waals surface area contributed by atoms with Crippen LogP contribution in [0.5, 0.6) is 23.0 Å². The number of ether oxygens (including phenoxy) is 4. The number of ketones is 1. The lowest BCUT2D eigenvalue weighted by atomic mass is 10.1. The summed E-state index contributed by atoms with van der Waals surface area (Å²) < 4.78 is 21.3. The van der Waals surface area contributed by atoms with Crippen molar-refractivity contribution >= 4 is 34.5 Å². The van der Waals surface area contributed by atoms with Gasteiger partial charge in [0.15, 0.2) is 17.3 Å². The van der Waals surface area contributed by atoms with Crippen LogP contribution < -0.4 is 23.8 Å². The molecule has 7 nitrogen and oxygen atoms in total. The number of hydrogen-bond donors (Lipinski definition) is 0. The molecular weight excluding hydrogens is 488 g/mol. The number of benzene rings is 2. The molecule has 3 rings (SSSR count). The van der Waals surface area contributed by atoms with E-state index in [1.807, 2.05) is 24.3 Å². The number of nitrogens with zero attached hydrogens (tertiary/aromatic N) is 2. The Morgan fingerprint density at radius 2 is 1.48 bits per heavy atom. The van der Waals surface area contributed by atoms with E-state index in [0.29, 0.717) is 23.7 Å². The lowest BCUT2D eigenvalue weighted by molar-refractivity contribution is -0.114. The van der Waals surface area contributed by atoms with E-state index in [4.69, 9.17) is 18.9 Å². The Morgan fingerprint density at radius 1 is 0.879 bits per heavy atom. The van der Waals surface area contributed by atoms with Gasteiger partial charge in [0.2, 0.25) is 5.75 Å².